The lowest BCUT2D eigenvalue weighted by Crippen LogP contribution is -1.96. The SMILES string of the molecule is CON=Cc1cc(F)cc(OC)c1F. The molecule has 1 rings (SSSR count). The molecule has 0 spiro atoms. The van der Waals surface area contributed by atoms with Crippen LogP contribution >= 0.6 is 0 Å². The Hall–Kier alpha value is -1.65. The summed E-state index contributed by atoms with van der Waals surface area (Å²) in [6.07, 6.45) is 1.07. The van der Waals surface area contributed by atoms with Crippen molar-refractivity contribution in [3.8, 4) is 5.75 Å². The molecule has 0 aliphatic carbocycles. The molecular weight excluding hydrogens is 192 g/mol. The van der Waals surface area contributed by atoms with Gasteiger partial charge in [-0.25, -0.2) is 8.78 Å². The van der Waals surface area contributed by atoms with Crippen LogP contribution in [-0.4, -0.2) is 20.4 Å². The lowest BCUT2D eigenvalue weighted by molar-refractivity contribution is 0.215. The van der Waals surface area contributed by atoms with Gasteiger partial charge in [-0.15, -0.1) is 0 Å². The van der Waals surface area contributed by atoms with E-state index in [0.29, 0.717) is 0 Å². The number of nitrogens with zero attached hydrogens (tertiary/aromatic N) is 1. The maximum Gasteiger partial charge on any atom is 0.174 e. The van der Waals surface area contributed by atoms with Gasteiger partial charge in [0.05, 0.1) is 13.3 Å². The van der Waals surface area contributed by atoms with E-state index in [4.69, 9.17) is 0 Å². The average Bonchev–Trinajstić information content (AvgIpc) is 2.18. The van der Waals surface area contributed by atoms with Gasteiger partial charge in [-0.3, -0.25) is 0 Å². The van der Waals surface area contributed by atoms with E-state index in [1.165, 1.54) is 14.2 Å². The smallest absolute Gasteiger partial charge is 0.174 e. The van der Waals surface area contributed by atoms with Gasteiger partial charge in [0.25, 0.3) is 0 Å². The number of hydrogen-bond acceptors (Lipinski definition) is 3. The lowest BCUT2D eigenvalue weighted by Gasteiger charge is -2.03. The van der Waals surface area contributed by atoms with Crippen LogP contribution in [0.2, 0.25) is 0 Å². The molecule has 76 valence electrons. The normalized spacial score (nSPS) is 10.6. The van der Waals surface area contributed by atoms with Crippen molar-refractivity contribution in [2.45, 2.75) is 0 Å². The van der Waals surface area contributed by atoms with E-state index in [1.54, 1.807) is 0 Å². The highest BCUT2D eigenvalue weighted by Gasteiger charge is 2.09. The fourth-order valence-corrected chi connectivity index (χ4v) is 0.936. The summed E-state index contributed by atoms with van der Waals surface area (Å²) in [6.45, 7) is 0. The maximum atomic E-state index is 13.3. The Morgan fingerprint density at radius 3 is 2.57 bits per heavy atom. The number of hydrogen-bond donors (Lipinski definition) is 0. The van der Waals surface area contributed by atoms with Crippen LogP contribution in [0.5, 0.6) is 5.75 Å². The fourth-order valence-electron chi connectivity index (χ4n) is 0.936. The van der Waals surface area contributed by atoms with Gasteiger partial charge in [0, 0.05) is 11.6 Å². The second-order valence-corrected chi connectivity index (χ2v) is 2.43. The molecule has 0 saturated carbocycles. The molecule has 0 aliphatic rings. The Balaban J connectivity index is 3.15. The molecule has 0 bridgehead atoms. The molecule has 14 heavy (non-hydrogen) atoms. The monoisotopic (exact) mass is 201 g/mol. The highest BCUT2D eigenvalue weighted by molar-refractivity contribution is 5.80. The van der Waals surface area contributed by atoms with Gasteiger partial charge in [-0.1, -0.05) is 5.16 Å². The van der Waals surface area contributed by atoms with Crippen LogP contribution in [0, 0.1) is 11.6 Å². The van der Waals surface area contributed by atoms with Gasteiger partial charge < -0.3 is 9.57 Å². The van der Waals surface area contributed by atoms with E-state index in [-0.39, 0.29) is 11.3 Å². The van der Waals surface area contributed by atoms with Crippen molar-refractivity contribution in [3.63, 3.8) is 0 Å². The highest BCUT2D eigenvalue weighted by Crippen LogP contribution is 2.20. The lowest BCUT2D eigenvalue weighted by atomic mass is 10.2. The zero-order chi connectivity index (χ0) is 10.6. The number of oxime groups is 1. The second-order valence-electron chi connectivity index (χ2n) is 2.43. The molecular formula is C9H9F2NO2. The zero-order valence-electron chi connectivity index (χ0n) is 7.75. The number of ether oxygens (including phenoxy) is 1. The first-order valence-electron chi connectivity index (χ1n) is 3.78. The summed E-state index contributed by atoms with van der Waals surface area (Å²) >= 11 is 0. The summed E-state index contributed by atoms with van der Waals surface area (Å²) in [6, 6.07) is 1.96. The molecule has 0 heterocycles. The van der Waals surface area contributed by atoms with Crippen LogP contribution in [0.25, 0.3) is 0 Å². The van der Waals surface area contributed by atoms with Crippen LogP contribution in [-0.2, 0) is 4.84 Å². The molecule has 5 heteroatoms. The summed E-state index contributed by atoms with van der Waals surface area (Å²) in [5.41, 5.74) is -0.0244. The number of rotatable bonds is 3. The number of methoxy groups -OCH3 is 1. The minimum atomic E-state index is -0.672. The summed E-state index contributed by atoms with van der Waals surface area (Å²) in [5, 5.41) is 3.33. The molecule has 0 atom stereocenters. The van der Waals surface area contributed by atoms with Gasteiger partial charge >= 0.3 is 0 Å². The molecule has 0 amide bonds. The largest absolute Gasteiger partial charge is 0.494 e. The molecule has 0 aliphatic heterocycles. The average molecular weight is 201 g/mol. The second kappa shape index (κ2) is 4.55. The van der Waals surface area contributed by atoms with Gasteiger partial charge in [-0.2, -0.15) is 0 Å². The Bertz CT molecular complexity index is 353. The molecule has 0 radical (unpaired) electrons. The standard InChI is InChI=1S/C9H9F2NO2/c1-13-8-4-7(10)3-6(9(8)11)5-12-14-2/h3-5H,1-2H3. The third kappa shape index (κ3) is 2.18. The van der Waals surface area contributed by atoms with Crippen molar-refractivity contribution in [1.82, 2.24) is 0 Å². The van der Waals surface area contributed by atoms with E-state index in [2.05, 4.69) is 14.7 Å². The highest BCUT2D eigenvalue weighted by atomic mass is 19.1. The number of benzene rings is 1. The molecule has 0 aromatic heterocycles. The van der Waals surface area contributed by atoms with Gasteiger partial charge in [-0.05, 0) is 6.07 Å². The topological polar surface area (TPSA) is 30.8 Å². The van der Waals surface area contributed by atoms with Crippen LogP contribution in [0.4, 0.5) is 8.78 Å². The first-order valence-corrected chi connectivity index (χ1v) is 3.78. The Morgan fingerprint density at radius 1 is 1.29 bits per heavy atom. The van der Waals surface area contributed by atoms with Crippen molar-refractivity contribution in [3.05, 3.63) is 29.3 Å². The van der Waals surface area contributed by atoms with Gasteiger partial charge in [0.1, 0.15) is 12.9 Å². The minimum absolute atomic E-state index is 0.0244. The molecule has 1 aromatic rings. The van der Waals surface area contributed by atoms with E-state index in [9.17, 15) is 8.78 Å². The predicted molar refractivity (Wildman–Crippen MR) is 47.5 cm³/mol. The first-order chi connectivity index (χ1) is 6.69. The molecule has 0 saturated heterocycles. The zero-order valence-corrected chi connectivity index (χ0v) is 7.75. The molecule has 1 aromatic carbocycles. The summed E-state index contributed by atoms with van der Waals surface area (Å²) < 4.78 is 30.8. The van der Waals surface area contributed by atoms with Crippen LogP contribution in [0.1, 0.15) is 5.56 Å². The van der Waals surface area contributed by atoms with Crippen LogP contribution in [0.3, 0.4) is 0 Å². The van der Waals surface area contributed by atoms with Crippen LogP contribution in [0.15, 0.2) is 17.3 Å². The fraction of sp³-hybridized carbons (Fsp3) is 0.222. The first kappa shape index (κ1) is 10.4. The van der Waals surface area contributed by atoms with Crippen molar-refractivity contribution in [1.29, 1.82) is 0 Å². The van der Waals surface area contributed by atoms with Gasteiger partial charge in [0.2, 0.25) is 0 Å². The maximum absolute atomic E-state index is 13.3. The van der Waals surface area contributed by atoms with Crippen molar-refractivity contribution < 1.29 is 18.4 Å². The molecule has 3 nitrogen and oxygen atoms in total. The van der Waals surface area contributed by atoms with E-state index in [0.717, 1.165) is 18.3 Å². The van der Waals surface area contributed by atoms with Crippen molar-refractivity contribution >= 4 is 6.21 Å². The predicted octanol–water partition coefficient (Wildman–Crippen LogP) is 1.95. The Kier molecular flexibility index (Phi) is 3.39. The quantitative estimate of drug-likeness (QED) is 0.552. The van der Waals surface area contributed by atoms with E-state index in [1.807, 2.05) is 0 Å². The minimum Gasteiger partial charge on any atom is -0.494 e. The van der Waals surface area contributed by atoms with Crippen LogP contribution < -0.4 is 4.74 Å². The molecule has 0 unspecified atom stereocenters. The summed E-state index contributed by atoms with van der Waals surface area (Å²) in [7, 11) is 2.57. The Morgan fingerprint density at radius 2 is 2.00 bits per heavy atom. The molecule has 0 N–H and O–H groups in total. The summed E-state index contributed by atoms with van der Waals surface area (Å²) in [4.78, 5) is 4.35. The molecule has 0 fully saturated rings. The number of halogens is 2. The Labute approximate surface area is 79.9 Å². The third-order valence-corrected chi connectivity index (χ3v) is 1.55. The summed E-state index contributed by atoms with van der Waals surface area (Å²) in [5.74, 6) is -1.43. The van der Waals surface area contributed by atoms with Crippen molar-refractivity contribution in [2.24, 2.45) is 5.16 Å². The van der Waals surface area contributed by atoms with E-state index >= 15 is 0 Å². The van der Waals surface area contributed by atoms with Gasteiger partial charge in [0.15, 0.2) is 11.6 Å². The van der Waals surface area contributed by atoms with E-state index < -0.39 is 11.6 Å². The third-order valence-electron chi connectivity index (χ3n) is 1.55. The van der Waals surface area contributed by atoms with Crippen molar-refractivity contribution in [2.75, 3.05) is 14.2 Å².